The second-order valence-electron chi connectivity index (χ2n) is 4.96. The summed E-state index contributed by atoms with van der Waals surface area (Å²) in [4.78, 5) is 4.48. The zero-order chi connectivity index (χ0) is 11.3. The Balaban J connectivity index is 2.40. The number of nitrogens with two attached hydrogens (primary N) is 1. The van der Waals surface area contributed by atoms with Gasteiger partial charge in [0.15, 0.2) is 5.82 Å². The van der Waals surface area contributed by atoms with Crippen molar-refractivity contribution in [2.75, 3.05) is 6.54 Å². The summed E-state index contributed by atoms with van der Waals surface area (Å²) in [6.45, 7) is 7.14. The number of aryl methyl sites for hydroxylation is 1. The molecule has 0 fully saturated rings. The van der Waals surface area contributed by atoms with Crippen LogP contribution in [0, 0.1) is 0 Å². The number of H-pyrrole nitrogens is 1. The molecule has 0 bridgehead atoms. The second kappa shape index (κ2) is 5.26. The monoisotopic (exact) mass is 210 g/mol. The van der Waals surface area contributed by atoms with Gasteiger partial charge < -0.3 is 5.73 Å². The SMILES string of the molecule is CC(C)(C)c1n[nH]c(CCCCCN)n1. The summed E-state index contributed by atoms with van der Waals surface area (Å²) >= 11 is 0. The van der Waals surface area contributed by atoms with E-state index in [1.807, 2.05) is 0 Å². The lowest BCUT2D eigenvalue weighted by Crippen LogP contribution is -2.13. The number of aromatic nitrogens is 3. The third-order valence-electron chi connectivity index (χ3n) is 2.32. The van der Waals surface area contributed by atoms with Crippen molar-refractivity contribution >= 4 is 0 Å². The van der Waals surface area contributed by atoms with Crippen molar-refractivity contribution in [2.24, 2.45) is 5.73 Å². The minimum Gasteiger partial charge on any atom is -0.330 e. The van der Waals surface area contributed by atoms with Crippen LogP contribution in [-0.4, -0.2) is 21.7 Å². The third kappa shape index (κ3) is 4.00. The third-order valence-corrected chi connectivity index (χ3v) is 2.32. The van der Waals surface area contributed by atoms with Crippen LogP contribution in [0.4, 0.5) is 0 Å². The van der Waals surface area contributed by atoms with E-state index in [0.717, 1.165) is 37.5 Å². The summed E-state index contributed by atoms with van der Waals surface area (Å²) in [6.07, 6.45) is 4.38. The van der Waals surface area contributed by atoms with Gasteiger partial charge >= 0.3 is 0 Å². The molecule has 3 N–H and O–H groups in total. The van der Waals surface area contributed by atoms with Crippen molar-refractivity contribution in [3.63, 3.8) is 0 Å². The van der Waals surface area contributed by atoms with Gasteiger partial charge in [-0.05, 0) is 19.4 Å². The van der Waals surface area contributed by atoms with Gasteiger partial charge in [0, 0.05) is 11.8 Å². The van der Waals surface area contributed by atoms with Gasteiger partial charge in [-0.3, -0.25) is 5.10 Å². The molecule has 0 radical (unpaired) electrons. The van der Waals surface area contributed by atoms with Crippen LogP contribution in [-0.2, 0) is 11.8 Å². The van der Waals surface area contributed by atoms with Crippen LogP contribution in [0.15, 0.2) is 0 Å². The molecule has 0 saturated heterocycles. The van der Waals surface area contributed by atoms with Gasteiger partial charge in [-0.1, -0.05) is 27.2 Å². The molecule has 0 saturated carbocycles. The standard InChI is InChI=1S/C11H22N4/c1-11(2,3)10-13-9(14-15-10)7-5-4-6-8-12/h4-8,12H2,1-3H3,(H,13,14,15). The number of nitrogens with zero attached hydrogens (tertiary/aromatic N) is 2. The first-order valence-electron chi connectivity index (χ1n) is 5.66. The fourth-order valence-corrected chi connectivity index (χ4v) is 1.36. The molecule has 1 heterocycles. The summed E-state index contributed by atoms with van der Waals surface area (Å²) in [7, 11) is 0. The number of aromatic amines is 1. The van der Waals surface area contributed by atoms with E-state index in [-0.39, 0.29) is 5.41 Å². The average molecular weight is 210 g/mol. The minimum absolute atomic E-state index is 0.0337. The van der Waals surface area contributed by atoms with E-state index >= 15 is 0 Å². The highest BCUT2D eigenvalue weighted by molar-refractivity contribution is 5.01. The van der Waals surface area contributed by atoms with E-state index in [0.29, 0.717) is 0 Å². The predicted molar refractivity (Wildman–Crippen MR) is 61.7 cm³/mol. The molecule has 0 aliphatic rings. The molecule has 0 unspecified atom stereocenters. The van der Waals surface area contributed by atoms with Gasteiger partial charge in [-0.25, -0.2) is 4.98 Å². The predicted octanol–water partition coefficient (Wildman–Crippen LogP) is 1.77. The fraction of sp³-hybridized carbons (Fsp3) is 0.818. The van der Waals surface area contributed by atoms with E-state index in [2.05, 4.69) is 36.0 Å². The zero-order valence-corrected chi connectivity index (χ0v) is 10.0. The number of hydrogen-bond donors (Lipinski definition) is 2. The Kier molecular flexibility index (Phi) is 4.27. The maximum atomic E-state index is 5.43. The Labute approximate surface area is 91.7 Å². The fourth-order valence-electron chi connectivity index (χ4n) is 1.36. The first-order chi connectivity index (χ1) is 7.04. The Morgan fingerprint density at radius 1 is 1.20 bits per heavy atom. The molecule has 0 aliphatic carbocycles. The minimum atomic E-state index is 0.0337. The highest BCUT2D eigenvalue weighted by Gasteiger charge is 2.18. The van der Waals surface area contributed by atoms with Crippen molar-refractivity contribution in [3.05, 3.63) is 11.6 Å². The summed E-state index contributed by atoms with van der Waals surface area (Å²) in [5, 5.41) is 7.22. The van der Waals surface area contributed by atoms with Crippen molar-refractivity contribution in [1.82, 2.24) is 15.2 Å². The van der Waals surface area contributed by atoms with Gasteiger partial charge in [0.25, 0.3) is 0 Å². The molecule has 86 valence electrons. The molecule has 0 amide bonds. The maximum absolute atomic E-state index is 5.43. The molecule has 4 heteroatoms. The number of unbranched alkanes of at least 4 members (excludes halogenated alkanes) is 2. The van der Waals surface area contributed by atoms with Crippen molar-refractivity contribution in [3.8, 4) is 0 Å². The van der Waals surface area contributed by atoms with Crippen LogP contribution >= 0.6 is 0 Å². The van der Waals surface area contributed by atoms with E-state index in [1.54, 1.807) is 0 Å². The van der Waals surface area contributed by atoms with Crippen molar-refractivity contribution < 1.29 is 0 Å². The van der Waals surface area contributed by atoms with Crippen LogP contribution in [0.1, 0.15) is 51.7 Å². The summed E-state index contributed by atoms with van der Waals surface area (Å²) in [5.41, 5.74) is 5.47. The van der Waals surface area contributed by atoms with Gasteiger partial charge in [0.05, 0.1) is 0 Å². The molecular formula is C11H22N4. The average Bonchev–Trinajstić information content (AvgIpc) is 2.60. The van der Waals surface area contributed by atoms with Gasteiger partial charge in [0.2, 0.25) is 0 Å². The van der Waals surface area contributed by atoms with E-state index in [4.69, 9.17) is 5.73 Å². The zero-order valence-electron chi connectivity index (χ0n) is 10.0. The summed E-state index contributed by atoms with van der Waals surface area (Å²) < 4.78 is 0. The smallest absolute Gasteiger partial charge is 0.155 e. The van der Waals surface area contributed by atoms with Crippen LogP contribution in [0.2, 0.25) is 0 Å². The number of hydrogen-bond acceptors (Lipinski definition) is 3. The summed E-state index contributed by atoms with van der Waals surface area (Å²) in [5.74, 6) is 1.90. The van der Waals surface area contributed by atoms with Gasteiger partial charge in [-0.2, -0.15) is 5.10 Å². The molecule has 0 aromatic carbocycles. The molecule has 1 aromatic rings. The van der Waals surface area contributed by atoms with E-state index < -0.39 is 0 Å². The largest absolute Gasteiger partial charge is 0.330 e. The van der Waals surface area contributed by atoms with E-state index in [1.165, 1.54) is 6.42 Å². The quantitative estimate of drug-likeness (QED) is 0.728. The molecule has 0 aliphatic heterocycles. The summed E-state index contributed by atoms with van der Waals surface area (Å²) in [6, 6.07) is 0. The Hall–Kier alpha value is -0.900. The number of rotatable bonds is 5. The first kappa shape index (κ1) is 12.2. The van der Waals surface area contributed by atoms with Crippen molar-refractivity contribution in [2.45, 2.75) is 51.9 Å². The lowest BCUT2D eigenvalue weighted by atomic mass is 9.96. The molecular weight excluding hydrogens is 188 g/mol. The highest BCUT2D eigenvalue weighted by atomic mass is 15.2. The first-order valence-corrected chi connectivity index (χ1v) is 5.66. The molecule has 0 spiro atoms. The molecule has 1 rings (SSSR count). The van der Waals surface area contributed by atoms with Gasteiger partial charge in [0.1, 0.15) is 5.82 Å². The van der Waals surface area contributed by atoms with Crippen LogP contribution in [0.5, 0.6) is 0 Å². The van der Waals surface area contributed by atoms with Gasteiger partial charge in [-0.15, -0.1) is 0 Å². The molecule has 15 heavy (non-hydrogen) atoms. The van der Waals surface area contributed by atoms with E-state index in [9.17, 15) is 0 Å². The highest BCUT2D eigenvalue weighted by Crippen LogP contribution is 2.17. The Bertz CT molecular complexity index is 285. The number of nitrogens with one attached hydrogen (secondary N) is 1. The van der Waals surface area contributed by atoms with Crippen LogP contribution < -0.4 is 5.73 Å². The molecule has 1 aromatic heterocycles. The lowest BCUT2D eigenvalue weighted by molar-refractivity contribution is 0.547. The molecule has 4 nitrogen and oxygen atoms in total. The Morgan fingerprint density at radius 2 is 1.93 bits per heavy atom. The molecule has 0 atom stereocenters. The van der Waals surface area contributed by atoms with Crippen LogP contribution in [0.25, 0.3) is 0 Å². The lowest BCUT2D eigenvalue weighted by Gasteiger charge is -2.11. The van der Waals surface area contributed by atoms with Crippen molar-refractivity contribution in [1.29, 1.82) is 0 Å². The topological polar surface area (TPSA) is 67.6 Å². The Morgan fingerprint density at radius 3 is 2.47 bits per heavy atom. The normalized spacial score (nSPS) is 12.0. The maximum Gasteiger partial charge on any atom is 0.155 e. The van der Waals surface area contributed by atoms with Crippen LogP contribution in [0.3, 0.4) is 0 Å². The second-order valence-corrected chi connectivity index (χ2v) is 4.96.